The fourth-order valence-corrected chi connectivity index (χ4v) is 4.36. The third-order valence-corrected chi connectivity index (χ3v) is 6.25. The molecule has 188 valence electrons. The lowest BCUT2D eigenvalue weighted by molar-refractivity contribution is -0.140. The Kier molecular flexibility index (Phi) is 8.76. The number of hydrogen-bond donors (Lipinski definition) is 2. The van der Waals surface area contributed by atoms with Crippen LogP contribution in [-0.4, -0.2) is 71.6 Å². The maximum Gasteiger partial charge on any atom is 0.295 e. The van der Waals surface area contributed by atoms with E-state index >= 15 is 0 Å². The van der Waals surface area contributed by atoms with E-state index in [2.05, 4.69) is 18.7 Å². The van der Waals surface area contributed by atoms with Crippen LogP contribution in [0, 0.1) is 0 Å². The highest BCUT2D eigenvalue weighted by molar-refractivity contribution is 6.46. The van der Waals surface area contributed by atoms with Crippen molar-refractivity contribution in [3.8, 4) is 17.2 Å². The number of aliphatic hydroxyl groups is 1. The standard InChI is InChI=1S/C27H34N2O6/c1-5-28(6-2)14-9-15-29-24(18-12-13-21(30)22(17-18)35-7-3)23(26(32)27(29)33)25(31)19-10-8-11-20(16-19)34-4/h8,10-13,16-17,24,30-31H,5-7,9,14-15H2,1-4H3/b25-23+. The van der Waals surface area contributed by atoms with Crippen molar-refractivity contribution >= 4 is 17.4 Å². The number of phenols is 1. The second-order valence-electron chi connectivity index (χ2n) is 8.27. The number of amides is 1. The lowest BCUT2D eigenvalue weighted by Gasteiger charge is -2.27. The topological polar surface area (TPSA) is 99.5 Å². The molecule has 2 aromatic carbocycles. The molecule has 1 unspecified atom stereocenters. The monoisotopic (exact) mass is 482 g/mol. The molecule has 0 bridgehead atoms. The smallest absolute Gasteiger partial charge is 0.295 e. The SMILES string of the molecule is CCOc1cc(C2/C(=C(\O)c3cccc(OC)c3)C(=O)C(=O)N2CCCN(CC)CC)ccc1O. The molecule has 0 aliphatic carbocycles. The van der Waals surface area contributed by atoms with Crippen molar-refractivity contribution < 1.29 is 29.3 Å². The number of carbonyl (C=O) groups excluding carboxylic acids is 2. The summed E-state index contributed by atoms with van der Waals surface area (Å²) in [5.74, 6) is -0.956. The first-order chi connectivity index (χ1) is 16.9. The molecule has 1 fully saturated rings. The second kappa shape index (κ2) is 11.8. The Hall–Kier alpha value is -3.52. The van der Waals surface area contributed by atoms with Gasteiger partial charge in [0.2, 0.25) is 0 Å². The molecule has 0 spiro atoms. The lowest BCUT2D eigenvalue weighted by atomic mass is 9.95. The van der Waals surface area contributed by atoms with Gasteiger partial charge in [-0.2, -0.15) is 0 Å². The van der Waals surface area contributed by atoms with Gasteiger partial charge >= 0.3 is 0 Å². The maximum atomic E-state index is 13.2. The van der Waals surface area contributed by atoms with Gasteiger partial charge in [0.05, 0.1) is 25.3 Å². The number of hydrogen-bond acceptors (Lipinski definition) is 7. The van der Waals surface area contributed by atoms with Crippen LogP contribution in [0.4, 0.5) is 0 Å². The average Bonchev–Trinajstić information content (AvgIpc) is 3.12. The quantitative estimate of drug-likeness (QED) is 0.284. The van der Waals surface area contributed by atoms with E-state index in [1.165, 1.54) is 18.1 Å². The van der Waals surface area contributed by atoms with Crippen molar-refractivity contribution in [2.45, 2.75) is 33.2 Å². The summed E-state index contributed by atoms with van der Waals surface area (Å²) in [7, 11) is 1.51. The number of ketones is 1. The van der Waals surface area contributed by atoms with Crippen LogP contribution in [0.5, 0.6) is 17.2 Å². The van der Waals surface area contributed by atoms with Gasteiger partial charge in [-0.15, -0.1) is 0 Å². The van der Waals surface area contributed by atoms with E-state index < -0.39 is 17.7 Å². The van der Waals surface area contributed by atoms with E-state index in [1.807, 2.05) is 0 Å². The van der Waals surface area contributed by atoms with Crippen LogP contribution >= 0.6 is 0 Å². The van der Waals surface area contributed by atoms with Crippen LogP contribution in [0.25, 0.3) is 5.76 Å². The summed E-state index contributed by atoms with van der Waals surface area (Å²) in [6.45, 7) is 9.20. The summed E-state index contributed by atoms with van der Waals surface area (Å²) in [5, 5.41) is 21.4. The zero-order valence-electron chi connectivity index (χ0n) is 20.8. The third-order valence-electron chi connectivity index (χ3n) is 6.25. The number of benzene rings is 2. The summed E-state index contributed by atoms with van der Waals surface area (Å²) >= 11 is 0. The molecule has 0 aromatic heterocycles. The minimum atomic E-state index is -0.822. The molecule has 1 heterocycles. The number of likely N-dealkylation sites (tertiary alicyclic amines) is 1. The maximum absolute atomic E-state index is 13.2. The van der Waals surface area contributed by atoms with Crippen molar-refractivity contribution in [2.24, 2.45) is 0 Å². The van der Waals surface area contributed by atoms with Gasteiger partial charge in [-0.3, -0.25) is 9.59 Å². The molecule has 8 nitrogen and oxygen atoms in total. The molecule has 3 rings (SSSR count). The number of phenolic OH excluding ortho intramolecular Hbond substituents is 1. The average molecular weight is 483 g/mol. The van der Waals surface area contributed by atoms with E-state index in [4.69, 9.17) is 9.47 Å². The molecule has 1 amide bonds. The number of rotatable bonds is 11. The van der Waals surface area contributed by atoms with Gasteiger partial charge < -0.3 is 29.5 Å². The number of aliphatic hydroxyl groups excluding tert-OH is 1. The molecule has 1 saturated heterocycles. The zero-order valence-corrected chi connectivity index (χ0v) is 20.8. The molecule has 1 atom stereocenters. The highest BCUT2D eigenvalue weighted by Crippen LogP contribution is 2.42. The van der Waals surface area contributed by atoms with Crippen molar-refractivity contribution in [3.05, 3.63) is 59.2 Å². The van der Waals surface area contributed by atoms with Crippen molar-refractivity contribution in [2.75, 3.05) is 39.9 Å². The molecule has 1 aliphatic heterocycles. The highest BCUT2D eigenvalue weighted by atomic mass is 16.5. The number of methoxy groups -OCH3 is 1. The Labute approximate surface area is 206 Å². The Morgan fingerprint density at radius 3 is 2.49 bits per heavy atom. The van der Waals surface area contributed by atoms with Crippen LogP contribution in [0.3, 0.4) is 0 Å². The van der Waals surface area contributed by atoms with Gasteiger partial charge in [0.25, 0.3) is 11.7 Å². The van der Waals surface area contributed by atoms with Crippen LogP contribution in [0.2, 0.25) is 0 Å². The Balaban J connectivity index is 2.09. The van der Waals surface area contributed by atoms with Gasteiger partial charge in [-0.25, -0.2) is 0 Å². The largest absolute Gasteiger partial charge is 0.507 e. The Morgan fingerprint density at radius 2 is 1.83 bits per heavy atom. The van der Waals surface area contributed by atoms with Gasteiger partial charge in [0.1, 0.15) is 11.5 Å². The first kappa shape index (κ1) is 26.1. The van der Waals surface area contributed by atoms with Crippen molar-refractivity contribution in [3.63, 3.8) is 0 Å². The first-order valence-corrected chi connectivity index (χ1v) is 12.0. The van der Waals surface area contributed by atoms with E-state index in [1.54, 1.807) is 43.3 Å². The van der Waals surface area contributed by atoms with Crippen LogP contribution < -0.4 is 9.47 Å². The van der Waals surface area contributed by atoms with E-state index in [0.717, 1.165) is 19.6 Å². The number of aromatic hydroxyl groups is 1. The minimum Gasteiger partial charge on any atom is -0.507 e. The predicted molar refractivity (Wildman–Crippen MR) is 134 cm³/mol. The van der Waals surface area contributed by atoms with Crippen LogP contribution in [0.1, 0.15) is 44.4 Å². The normalized spacial score (nSPS) is 17.3. The fourth-order valence-electron chi connectivity index (χ4n) is 4.36. The predicted octanol–water partition coefficient (Wildman–Crippen LogP) is 3.95. The molecule has 35 heavy (non-hydrogen) atoms. The van der Waals surface area contributed by atoms with Gasteiger partial charge in [0.15, 0.2) is 11.5 Å². The number of nitrogens with zero attached hydrogens (tertiary/aromatic N) is 2. The second-order valence-corrected chi connectivity index (χ2v) is 8.27. The van der Waals surface area contributed by atoms with E-state index in [-0.39, 0.29) is 22.8 Å². The molecule has 8 heteroatoms. The van der Waals surface area contributed by atoms with Gasteiger partial charge in [0, 0.05) is 12.1 Å². The molecular formula is C27H34N2O6. The minimum absolute atomic E-state index is 0.000713. The lowest BCUT2D eigenvalue weighted by Crippen LogP contribution is -2.33. The van der Waals surface area contributed by atoms with Crippen LogP contribution in [-0.2, 0) is 9.59 Å². The Morgan fingerprint density at radius 1 is 1.09 bits per heavy atom. The summed E-state index contributed by atoms with van der Waals surface area (Å²) in [5.41, 5.74) is 0.941. The highest BCUT2D eigenvalue weighted by Gasteiger charge is 2.46. The summed E-state index contributed by atoms with van der Waals surface area (Å²) in [6, 6.07) is 10.6. The summed E-state index contributed by atoms with van der Waals surface area (Å²) in [6.07, 6.45) is 0.667. The summed E-state index contributed by atoms with van der Waals surface area (Å²) < 4.78 is 10.8. The molecular weight excluding hydrogens is 448 g/mol. The molecule has 0 radical (unpaired) electrons. The van der Waals surface area contributed by atoms with Crippen LogP contribution in [0.15, 0.2) is 48.0 Å². The molecule has 0 saturated carbocycles. The van der Waals surface area contributed by atoms with Gasteiger partial charge in [-0.05, 0) is 62.8 Å². The third kappa shape index (κ3) is 5.59. The Bertz CT molecular complexity index is 1090. The van der Waals surface area contributed by atoms with Crippen molar-refractivity contribution in [1.82, 2.24) is 9.80 Å². The number of carbonyl (C=O) groups is 2. The molecule has 2 aromatic rings. The molecule has 2 N–H and O–H groups in total. The number of ether oxygens (including phenoxy) is 2. The van der Waals surface area contributed by atoms with Crippen molar-refractivity contribution in [1.29, 1.82) is 0 Å². The van der Waals surface area contributed by atoms with E-state index in [9.17, 15) is 19.8 Å². The first-order valence-electron chi connectivity index (χ1n) is 12.0. The zero-order chi connectivity index (χ0) is 25.5. The van der Waals surface area contributed by atoms with Gasteiger partial charge in [-0.1, -0.05) is 32.0 Å². The molecule has 1 aliphatic rings. The van der Waals surface area contributed by atoms with E-state index in [0.29, 0.717) is 36.4 Å². The fraction of sp³-hybridized carbons (Fsp3) is 0.407. The summed E-state index contributed by atoms with van der Waals surface area (Å²) in [4.78, 5) is 30.1. The number of Topliss-reactive ketones (excluding diaryl/α,β-unsaturated/α-hetero) is 1.